The maximum atomic E-state index is 14.1. The van der Waals surface area contributed by atoms with Crippen molar-refractivity contribution in [1.29, 1.82) is 0 Å². The summed E-state index contributed by atoms with van der Waals surface area (Å²) in [4.78, 5) is 0. The van der Waals surface area contributed by atoms with Gasteiger partial charge in [0.05, 0.1) is 6.10 Å². The van der Waals surface area contributed by atoms with Gasteiger partial charge in [-0.1, -0.05) is 29.8 Å². The number of rotatable bonds is 10. The Morgan fingerprint density at radius 3 is 1.22 bits per heavy atom. The predicted octanol–water partition coefficient (Wildman–Crippen LogP) is 8.08. The fourth-order valence-electron chi connectivity index (χ4n) is 2.68. The summed E-state index contributed by atoms with van der Waals surface area (Å²) < 4.78 is 231. The number of hydrogen-bond acceptors (Lipinski definition) is 1. The summed E-state index contributed by atoms with van der Waals surface area (Å²) in [5, 5.41) is 0. The molecule has 210 valence electrons. The Bertz CT molecular complexity index is 901. The lowest BCUT2D eigenvalue weighted by molar-refractivity contribution is -0.462. The third kappa shape index (κ3) is 4.57. The van der Waals surface area contributed by atoms with Gasteiger partial charge in [-0.2, -0.15) is 74.6 Å². The molecule has 0 saturated carbocycles. The van der Waals surface area contributed by atoms with E-state index in [9.17, 15) is 74.6 Å². The van der Waals surface area contributed by atoms with Crippen LogP contribution >= 0.6 is 0 Å². The zero-order chi connectivity index (χ0) is 29.0. The zero-order valence-electron chi connectivity index (χ0n) is 17.4. The first kappa shape index (κ1) is 32.0. The summed E-state index contributed by atoms with van der Waals surface area (Å²) in [6.07, 6.45) is -12.8. The lowest BCUT2D eigenvalue weighted by Crippen LogP contribution is -2.74. The molecule has 0 fully saturated rings. The van der Waals surface area contributed by atoms with Crippen molar-refractivity contribution >= 4 is 0 Å². The third-order valence-corrected chi connectivity index (χ3v) is 4.96. The highest BCUT2D eigenvalue weighted by Gasteiger charge is 2.95. The second kappa shape index (κ2) is 9.08. The van der Waals surface area contributed by atoms with E-state index in [-0.39, 0.29) is 0 Å². The van der Waals surface area contributed by atoms with Crippen LogP contribution in [0.25, 0.3) is 0 Å². The molecule has 0 amide bonds. The van der Waals surface area contributed by atoms with Crippen LogP contribution in [0.15, 0.2) is 24.3 Å². The van der Waals surface area contributed by atoms with E-state index >= 15 is 0 Å². The van der Waals surface area contributed by atoms with E-state index in [1.165, 1.54) is 6.92 Å². The van der Waals surface area contributed by atoms with Crippen LogP contribution in [0.3, 0.4) is 0 Å². The molecule has 0 aliphatic heterocycles. The number of ether oxygens (including phenoxy) is 1. The highest BCUT2D eigenvalue weighted by Crippen LogP contribution is 2.64. The lowest BCUT2D eigenvalue weighted by Gasteiger charge is -2.43. The first-order valence-electron chi connectivity index (χ1n) is 8.98. The molecular formula is C18H13F17O. The molecule has 0 spiro atoms. The Labute approximate surface area is 190 Å². The highest BCUT2D eigenvalue weighted by molar-refractivity contribution is 5.24. The van der Waals surface area contributed by atoms with Gasteiger partial charge in [0.1, 0.15) is 0 Å². The number of halogens is 17. The molecule has 0 bridgehead atoms. The van der Waals surface area contributed by atoms with Gasteiger partial charge in [0.2, 0.25) is 0 Å². The molecule has 0 saturated heterocycles. The first-order chi connectivity index (χ1) is 15.7. The second-order valence-electron chi connectivity index (χ2n) is 7.49. The van der Waals surface area contributed by atoms with Gasteiger partial charge in [-0.15, -0.1) is 0 Å². The topological polar surface area (TPSA) is 9.23 Å². The summed E-state index contributed by atoms with van der Waals surface area (Å²) in [5.74, 6) is -56.5. The van der Waals surface area contributed by atoms with Crippen LogP contribution in [0.5, 0.6) is 0 Å². The van der Waals surface area contributed by atoms with Crippen molar-refractivity contribution < 1.29 is 79.4 Å². The monoisotopic (exact) mass is 568 g/mol. The van der Waals surface area contributed by atoms with E-state index < -0.39 is 65.7 Å². The minimum Gasteiger partial charge on any atom is -0.377 e. The Morgan fingerprint density at radius 2 is 0.889 bits per heavy atom. The van der Waals surface area contributed by atoms with E-state index in [4.69, 9.17) is 0 Å². The lowest BCUT2D eigenvalue weighted by atomic mass is 9.87. The van der Waals surface area contributed by atoms with E-state index in [1.807, 2.05) is 0 Å². The maximum absolute atomic E-state index is 14.1. The SMILES string of the molecule is COC(CC(F)(F)C(F)(F)C(F)(F)C(F)(F)C(F)(F)C(F)(F)C(F)(F)C(F)(F)F)c1ccc(C)cc1. The van der Waals surface area contributed by atoms with Crippen LogP contribution in [0.1, 0.15) is 23.7 Å². The Hall–Kier alpha value is -2.01. The molecule has 1 atom stereocenters. The van der Waals surface area contributed by atoms with Crippen LogP contribution in [0.2, 0.25) is 0 Å². The third-order valence-electron chi connectivity index (χ3n) is 4.96. The molecule has 0 heterocycles. The Kier molecular flexibility index (Phi) is 8.07. The van der Waals surface area contributed by atoms with Crippen molar-refractivity contribution in [2.45, 2.75) is 67.1 Å². The molecule has 0 aliphatic rings. The molecule has 1 aromatic rings. The number of alkyl halides is 17. The Morgan fingerprint density at radius 1 is 0.556 bits per heavy atom. The molecule has 1 rings (SSSR count). The normalized spacial score (nSPS) is 16.3. The van der Waals surface area contributed by atoms with Gasteiger partial charge in [-0.25, -0.2) is 0 Å². The Balaban J connectivity index is 3.57. The van der Waals surface area contributed by atoms with Gasteiger partial charge >= 0.3 is 47.6 Å². The molecule has 1 aromatic carbocycles. The van der Waals surface area contributed by atoms with Crippen LogP contribution in [-0.2, 0) is 4.74 Å². The summed E-state index contributed by atoms with van der Waals surface area (Å²) in [5.41, 5.74) is -0.0222. The number of hydrogen-bond donors (Lipinski definition) is 0. The van der Waals surface area contributed by atoms with E-state index in [2.05, 4.69) is 4.74 Å². The summed E-state index contributed by atoms with van der Waals surface area (Å²) in [6, 6.07) is 4.14. The van der Waals surface area contributed by atoms with Gasteiger partial charge in [0, 0.05) is 13.5 Å². The largest absolute Gasteiger partial charge is 0.460 e. The van der Waals surface area contributed by atoms with Crippen molar-refractivity contribution in [3.05, 3.63) is 35.4 Å². The fourth-order valence-corrected chi connectivity index (χ4v) is 2.68. The molecular weight excluding hydrogens is 555 g/mol. The van der Waals surface area contributed by atoms with E-state index in [0.29, 0.717) is 12.7 Å². The molecule has 18 heteroatoms. The smallest absolute Gasteiger partial charge is 0.377 e. The van der Waals surface area contributed by atoms with Crippen molar-refractivity contribution in [3.63, 3.8) is 0 Å². The highest BCUT2D eigenvalue weighted by atomic mass is 19.4. The summed E-state index contributed by atoms with van der Waals surface area (Å²) in [7, 11) is 0.541. The molecule has 36 heavy (non-hydrogen) atoms. The van der Waals surface area contributed by atoms with Crippen molar-refractivity contribution in [2.24, 2.45) is 0 Å². The summed E-state index contributed by atoms with van der Waals surface area (Å²) >= 11 is 0. The standard InChI is InChI=1S/C18H13F17O/c1-8-3-5-9(6-4-8)10(36-2)7-11(19,20)12(21,22)13(23,24)14(25,26)15(27,28)16(29,30)17(31,32)18(33,34)35/h3-6,10H,7H2,1-2H3. The van der Waals surface area contributed by atoms with Crippen molar-refractivity contribution in [3.8, 4) is 0 Å². The van der Waals surface area contributed by atoms with Crippen LogP contribution in [-0.4, -0.2) is 54.7 Å². The fraction of sp³-hybridized carbons (Fsp3) is 0.667. The van der Waals surface area contributed by atoms with E-state index in [1.54, 1.807) is 0 Å². The predicted molar refractivity (Wildman–Crippen MR) is 86.2 cm³/mol. The van der Waals surface area contributed by atoms with Gasteiger partial charge in [-0.05, 0) is 12.5 Å². The molecule has 1 nitrogen and oxygen atoms in total. The maximum Gasteiger partial charge on any atom is 0.460 e. The molecule has 0 aliphatic carbocycles. The quantitative estimate of drug-likeness (QED) is 0.260. The minimum atomic E-state index is -8.64. The van der Waals surface area contributed by atoms with Gasteiger partial charge in [0.15, 0.2) is 0 Å². The zero-order valence-corrected chi connectivity index (χ0v) is 17.4. The average molecular weight is 568 g/mol. The van der Waals surface area contributed by atoms with E-state index in [0.717, 1.165) is 24.3 Å². The van der Waals surface area contributed by atoms with Gasteiger partial charge in [-0.3, -0.25) is 0 Å². The average Bonchev–Trinajstić information content (AvgIpc) is 2.71. The van der Waals surface area contributed by atoms with Gasteiger partial charge < -0.3 is 4.74 Å². The molecule has 0 aromatic heterocycles. The minimum absolute atomic E-state index is 0.440. The number of benzene rings is 1. The number of methoxy groups -OCH3 is 1. The van der Waals surface area contributed by atoms with Crippen LogP contribution < -0.4 is 0 Å². The summed E-state index contributed by atoms with van der Waals surface area (Å²) in [6.45, 7) is 1.44. The van der Waals surface area contributed by atoms with Gasteiger partial charge in [0.25, 0.3) is 0 Å². The molecule has 0 N–H and O–H groups in total. The first-order valence-corrected chi connectivity index (χ1v) is 8.98. The van der Waals surface area contributed by atoms with Crippen molar-refractivity contribution in [2.75, 3.05) is 7.11 Å². The van der Waals surface area contributed by atoms with Crippen molar-refractivity contribution in [1.82, 2.24) is 0 Å². The number of aryl methyl sites for hydroxylation is 1. The van der Waals surface area contributed by atoms with Crippen LogP contribution in [0.4, 0.5) is 74.6 Å². The molecule has 1 unspecified atom stereocenters. The second-order valence-corrected chi connectivity index (χ2v) is 7.49. The van der Waals surface area contributed by atoms with Crippen LogP contribution in [0, 0.1) is 6.92 Å². The molecule has 0 radical (unpaired) electrons.